The van der Waals surface area contributed by atoms with E-state index in [0.717, 1.165) is 0 Å². The molecule has 0 radical (unpaired) electrons. The number of benzene rings is 3. The van der Waals surface area contributed by atoms with Crippen LogP contribution in [0.15, 0.2) is 18.2 Å². The van der Waals surface area contributed by atoms with Gasteiger partial charge in [-0.15, -0.1) is 0 Å². The Hall–Kier alpha value is -4.94. The van der Waals surface area contributed by atoms with E-state index in [2.05, 4.69) is 0 Å². The van der Waals surface area contributed by atoms with Crippen LogP contribution in [-0.4, -0.2) is 0 Å². The average molecular weight is 426 g/mol. The van der Waals surface area contributed by atoms with Gasteiger partial charge in [0.2, 0.25) is 0 Å². The van der Waals surface area contributed by atoms with Gasteiger partial charge in [0, 0.05) is 0 Å². The minimum atomic E-state index is 0.0601. The molecule has 0 aliphatic carbocycles. The summed E-state index contributed by atoms with van der Waals surface area (Å²) in [4.78, 5) is 1.50. The van der Waals surface area contributed by atoms with E-state index in [1.165, 1.54) is 23.1 Å². The van der Waals surface area contributed by atoms with Crippen molar-refractivity contribution in [2.75, 3.05) is 73.7 Å². The smallest absolute Gasteiger partial charge is 0.0824 e. The van der Waals surface area contributed by atoms with Crippen molar-refractivity contribution in [2.24, 2.45) is 0 Å². The van der Waals surface area contributed by atoms with E-state index in [-0.39, 0.29) is 85.3 Å². The molecule has 13 nitrogen and oxygen atoms in total. The zero-order valence-electron chi connectivity index (χ0n) is 16.6. The van der Waals surface area contributed by atoms with Crippen LogP contribution in [0.5, 0.6) is 0 Å². The maximum absolute atomic E-state index is 6.28. The number of hydrogen-bond acceptors (Lipinski definition) is 13. The van der Waals surface area contributed by atoms with Crippen LogP contribution >= 0.6 is 0 Å². The maximum Gasteiger partial charge on any atom is 0.0824 e. The Morgan fingerprint density at radius 1 is 0.323 bits per heavy atom. The molecule has 0 aliphatic rings. The van der Waals surface area contributed by atoms with Crippen molar-refractivity contribution in [3.8, 4) is 0 Å². The second kappa shape index (κ2) is 6.84. The highest BCUT2D eigenvalue weighted by Crippen LogP contribution is 2.51. The van der Waals surface area contributed by atoms with Crippen LogP contribution in [0.2, 0.25) is 0 Å². The van der Waals surface area contributed by atoms with E-state index in [9.17, 15) is 0 Å². The van der Waals surface area contributed by atoms with E-state index in [0.29, 0.717) is 0 Å². The zero-order valence-corrected chi connectivity index (χ0v) is 16.6. The van der Waals surface area contributed by atoms with Gasteiger partial charge in [0.15, 0.2) is 0 Å². The lowest BCUT2D eigenvalue weighted by atomic mass is 10.1. The average Bonchev–Trinajstić information content (AvgIpc) is 2.74. The Bertz CT molecular complexity index is 1070. The number of nitrogen functional groups attached to an aromatic ring is 12. The first-order valence-electron chi connectivity index (χ1n) is 8.87. The van der Waals surface area contributed by atoms with Crippen LogP contribution in [0.4, 0.5) is 85.3 Å². The lowest BCUT2D eigenvalue weighted by Gasteiger charge is -2.31. The molecule has 0 bridgehead atoms. The molecule has 0 unspecified atom stereocenters. The van der Waals surface area contributed by atoms with Crippen molar-refractivity contribution in [3.05, 3.63) is 18.2 Å². The second-order valence-electron chi connectivity index (χ2n) is 7.01. The Morgan fingerprint density at radius 2 is 0.548 bits per heavy atom. The van der Waals surface area contributed by atoms with Crippen LogP contribution in [0.3, 0.4) is 0 Å². The predicted molar refractivity (Wildman–Crippen MR) is 134 cm³/mol. The quantitative estimate of drug-likeness (QED) is 0.248. The molecule has 0 aromatic heterocycles. The third kappa shape index (κ3) is 2.96. The van der Waals surface area contributed by atoms with Crippen molar-refractivity contribution >= 4 is 85.3 Å². The number of nitrogens with two attached hydrogens (primary N) is 12. The zero-order chi connectivity index (χ0) is 23.4. The van der Waals surface area contributed by atoms with E-state index >= 15 is 0 Å². The van der Waals surface area contributed by atoms with Gasteiger partial charge in [-0.2, -0.15) is 0 Å². The van der Waals surface area contributed by atoms with Gasteiger partial charge in [0.05, 0.1) is 85.3 Å². The maximum atomic E-state index is 6.28. The molecular weight excluding hydrogens is 398 g/mol. The molecule has 31 heavy (non-hydrogen) atoms. The summed E-state index contributed by atoms with van der Waals surface area (Å²) >= 11 is 0. The summed E-state index contributed by atoms with van der Waals surface area (Å²) in [7, 11) is 0. The molecule has 0 spiro atoms. The summed E-state index contributed by atoms with van der Waals surface area (Å²) in [6.45, 7) is 0. The van der Waals surface area contributed by atoms with Crippen LogP contribution in [0.25, 0.3) is 0 Å². The van der Waals surface area contributed by atoms with Crippen molar-refractivity contribution in [1.82, 2.24) is 0 Å². The molecule has 0 saturated carbocycles. The first kappa shape index (κ1) is 20.8. The molecule has 0 heterocycles. The minimum Gasteiger partial charge on any atom is -0.397 e. The Morgan fingerprint density at radius 3 is 0.774 bits per heavy atom. The van der Waals surface area contributed by atoms with Gasteiger partial charge in [0.1, 0.15) is 0 Å². The largest absolute Gasteiger partial charge is 0.397 e. The molecule has 3 aromatic carbocycles. The summed E-state index contributed by atoms with van der Waals surface area (Å²) < 4.78 is 0. The molecule has 0 atom stereocenters. The SMILES string of the molecule is Nc1cc(N(c2cc(N)c(N)c(N)c2N)c2cc(N)c(N)c(N)c2N)c(N)c(N)c1N. The fourth-order valence-electron chi connectivity index (χ4n) is 3.17. The lowest BCUT2D eigenvalue weighted by molar-refractivity contribution is 1.29. The third-order valence-electron chi connectivity index (χ3n) is 5.10. The van der Waals surface area contributed by atoms with Gasteiger partial charge < -0.3 is 73.7 Å². The highest BCUT2D eigenvalue weighted by atomic mass is 15.2. The van der Waals surface area contributed by atoms with Gasteiger partial charge in [0.25, 0.3) is 0 Å². The highest BCUT2D eigenvalue weighted by Gasteiger charge is 2.26. The highest BCUT2D eigenvalue weighted by molar-refractivity contribution is 6.07. The fraction of sp³-hybridized carbons (Fsp3) is 0. The standard InChI is InChI=1S/C18H27N13/c19-4-1-7(13(25)16(28)10(4)22)31(8-2-5(20)11(23)17(29)14(8)26)9-3-6(21)12(24)18(30)15(9)27/h1-3H,19-30H2. The predicted octanol–water partition coefficient (Wildman–Crippen LogP) is 0.143. The van der Waals surface area contributed by atoms with Crippen LogP contribution in [0.1, 0.15) is 0 Å². The summed E-state index contributed by atoms with van der Waals surface area (Å²) in [5.74, 6) is 0. The van der Waals surface area contributed by atoms with Gasteiger partial charge in [-0.3, -0.25) is 0 Å². The summed E-state index contributed by atoms with van der Waals surface area (Å²) in [6, 6.07) is 4.47. The summed E-state index contributed by atoms with van der Waals surface area (Å²) in [5, 5.41) is 0. The molecule has 0 saturated heterocycles. The van der Waals surface area contributed by atoms with Crippen LogP contribution < -0.4 is 73.7 Å². The Kier molecular flexibility index (Phi) is 4.58. The normalized spacial score (nSPS) is 10.8. The summed E-state index contributed by atoms with van der Waals surface area (Å²) in [5.41, 5.74) is 75.0. The minimum absolute atomic E-state index is 0.0601. The number of rotatable bonds is 3. The van der Waals surface area contributed by atoms with Gasteiger partial charge >= 0.3 is 0 Å². The third-order valence-corrected chi connectivity index (χ3v) is 5.10. The number of nitrogens with zero attached hydrogens (tertiary/aromatic N) is 1. The summed E-state index contributed by atoms with van der Waals surface area (Å²) in [6.07, 6.45) is 0. The first-order valence-corrected chi connectivity index (χ1v) is 8.87. The second-order valence-corrected chi connectivity index (χ2v) is 7.01. The van der Waals surface area contributed by atoms with Gasteiger partial charge in [-0.1, -0.05) is 0 Å². The molecule has 24 N–H and O–H groups in total. The fourth-order valence-corrected chi connectivity index (χ4v) is 3.17. The molecule has 3 aromatic rings. The van der Waals surface area contributed by atoms with E-state index in [1.807, 2.05) is 0 Å². The van der Waals surface area contributed by atoms with Crippen molar-refractivity contribution in [1.29, 1.82) is 0 Å². The van der Waals surface area contributed by atoms with Crippen LogP contribution in [0, 0.1) is 0 Å². The molecule has 0 fully saturated rings. The molecule has 3 rings (SSSR count). The van der Waals surface area contributed by atoms with Gasteiger partial charge in [-0.05, 0) is 18.2 Å². The number of hydrogen-bond donors (Lipinski definition) is 12. The van der Waals surface area contributed by atoms with Crippen molar-refractivity contribution in [3.63, 3.8) is 0 Å². The number of anilines is 15. The van der Waals surface area contributed by atoms with E-state index < -0.39 is 0 Å². The molecule has 0 aliphatic heterocycles. The molecule has 13 heteroatoms. The Labute approximate surface area is 177 Å². The van der Waals surface area contributed by atoms with Crippen molar-refractivity contribution < 1.29 is 0 Å². The first-order chi connectivity index (χ1) is 14.4. The Balaban J connectivity index is 2.50. The van der Waals surface area contributed by atoms with Crippen molar-refractivity contribution in [2.45, 2.75) is 0 Å². The van der Waals surface area contributed by atoms with E-state index in [4.69, 9.17) is 68.8 Å². The molecule has 164 valence electrons. The molecule has 0 amide bonds. The molecular formula is C18H27N13. The van der Waals surface area contributed by atoms with E-state index in [1.54, 1.807) is 0 Å². The monoisotopic (exact) mass is 425 g/mol. The lowest BCUT2D eigenvalue weighted by Crippen LogP contribution is -2.20. The van der Waals surface area contributed by atoms with Crippen LogP contribution in [-0.2, 0) is 0 Å². The van der Waals surface area contributed by atoms with Gasteiger partial charge in [-0.25, -0.2) is 0 Å². The topological polar surface area (TPSA) is 315 Å².